The van der Waals surface area contributed by atoms with Gasteiger partial charge in [-0.25, -0.2) is 4.98 Å². The summed E-state index contributed by atoms with van der Waals surface area (Å²) in [5.41, 5.74) is 0.297. The van der Waals surface area contributed by atoms with Crippen molar-refractivity contribution in [1.29, 1.82) is 0 Å². The Morgan fingerprint density at radius 3 is 2.45 bits per heavy atom. The van der Waals surface area contributed by atoms with Gasteiger partial charge in [0, 0.05) is 30.8 Å². The molecule has 3 aromatic rings. The number of nitrogens with zero attached hydrogens (tertiary/aromatic N) is 3. The number of hydrogen-bond donors (Lipinski definition) is 1. The molecule has 1 aliphatic rings. The zero-order chi connectivity index (χ0) is 23.3. The summed E-state index contributed by atoms with van der Waals surface area (Å²) < 4.78 is 5.82. The van der Waals surface area contributed by atoms with Gasteiger partial charge in [0.2, 0.25) is 11.8 Å². The van der Waals surface area contributed by atoms with Crippen LogP contribution in [0, 0.1) is 0 Å². The van der Waals surface area contributed by atoms with Crippen LogP contribution in [0.5, 0.6) is 11.6 Å². The quantitative estimate of drug-likeness (QED) is 0.616. The van der Waals surface area contributed by atoms with Gasteiger partial charge in [-0.1, -0.05) is 36.4 Å². The van der Waals surface area contributed by atoms with Gasteiger partial charge in [0.05, 0.1) is 11.9 Å². The average molecular weight is 445 g/mol. The minimum Gasteiger partial charge on any atom is -0.437 e. The van der Waals surface area contributed by atoms with Gasteiger partial charge in [-0.15, -0.1) is 0 Å². The summed E-state index contributed by atoms with van der Waals surface area (Å²) in [6.07, 6.45) is 5.08. The van der Waals surface area contributed by atoms with E-state index in [0.29, 0.717) is 30.3 Å². The molecule has 0 unspecified atom stereocenters. The van der Waals surface area contributed by atoms with Crippen molar-refractivity contribution in [2.24, 2.45) is 0 Å². The highest BCUT2D eigenvalue weighted by Crippen LogP contribution is 2.28. The van der Waals surface area contributed by atoms with Crippen molar-refractivity contribution in [3.8, 4) is 11.6 Å². The molecule has 1 aromatic heterocycles. The van der Waals surface area contributed by atoms with Gasteiger partial charge in [0.1, 0.15) is 11.3 Å². The molecule has 0 radical (unpaired) electrons. The molecule has 2 aromatic carbocycles. The molecule has 1 saturated heterocycles. The fraction of sp³-hybridized carbons (Fsp3) is 0.308. The molecule has 2 amide bonds. The van der Waals surface area contributed by atoms with Crippen molar-refractivity contribution in [2.75, 3.05) is 13.1 Å². The molecule has 1 fully saturated rings. The number of rotatable bonds is 6. The van der Waals surface area contributed by atoms with Crippen LogP contribution in [0.2, 0.25) is 0 Å². The fourth-order valence-corrected chi connectivity index (χ4v) is 4.01. The maximum Gasteiger partial charge on any atom is 0.252 e. The van der Waals surface area contributed by atoms with E-state index in [9.17, 15) is 9.59 Å². The summed E-state index contributed by atoms with van der Waals surface area (Å²) in [6.45, 7) is 4.66. The first kappa shape index (κ1) is 22.5. The lowest BCUT2D eigenvalue weighted by molar-refractivity contribution is -0.138. The highest BCUT2D eigenvalue weighted by Gasteiger charge is 2.36. The van der Waals surface area contributed by atoms with Crippen molar-refractivity contribution in [3.05, 3.63) is 84.3 Å². The van der Waals surface area contributed by atoms with E-state index in [1.165, 1.54) is 0 Å². The maximum atomic E-state index is 13.3. The van der Waals surface area contributed by atoms with Crippen LogP contribution < -0.4 is 10.1 Å². The lowest BCUT2D eigenvalue weighted by atomic mass is 9.92. The molecule has 4 rings (SSSR count). The first-order chi connectivity index (χ1) is 15.9. The number of likely N-dealkylation sites (tertiary alicyclic amines) is 1. The third-order valence-corrected chi connectivity index (χ3v) is 5.72. The summed E-state index contributed by atoms with van der Waals surface area (Å²) in [4.78, 5) is 36.7. The van der Waals surface area contributed by atoms with Crippen LogP contribution in [0.1, 0.15) is 48.7 Å². The Balaban J connectivity index is 1.43. The van der Waals surface area contributed by atoms with Gasteiger partial charge in [-0.3, -0.25) is 14.6 Å². The number of piperidine rings is 1. The standard InChI is InChI=1S/C26H28N4O3/c1-26(2,29-24(31)19-10-5-3-6-11-19)25(32)30-15-9-12-20(18-30)22-16-27-17-23(28-22)33-21-13-7-4-8-14-21/h3-8,10-11,13-14,16-17,20H,9,12,15,18H2,1-2H3,(H,29,31)/t20-/m0/s1. The Labute approximate surface area is 193 Å². The topological polar surface area (TPSA) is 84.4 Å². The maximum absolute atomic E-state index is 13.3. The Morgan fingerprint density at radius 1 is 1.03 bits per heavy atom. The molecule has 0 saturated carbocycles. The molecule has 33 heavy (non-hydrogen) atoms. The van der Waals surface area contributed by atoms with Crippen LogP contribution in [0.15, 0.2) is 73.1 Å². The molecule has 1 atom stereocenters. The summed E-state index contributed by atoms with van der Waals surface area (Å²) in [6, 6.07) is 18.4. The van der Waals surface area contributed by atoms with Crippen molar-refractivity contribution >= 4 is 11.8 Å². The molecular formula is C26H28N4O3. The second-order valence-electron chi connectivity index (χ2n) is 8.73. The second kappa shape index (κ2) is 9.81. The van der Waals surface area contributed by atoms with Crippen molar-refractivity contribution in [1.82, 2.24) is 20.2 Å². The smallest absolute Gasteiger partial charge is 0.252 e. The van der Waals surface area contributed by atoms with Gasteiger partial charge >= 0.3 is 0 Å². The second-order valence-corrected chi connectivity index (χ2v) is 8.73. The van der Waals surface area contributed by atoms with E-state index in [1.54, 1.807) is 50.5 Å². The molecule has 7 nitrogen and oxygen atoms in total. The van der Waals surface area contributed by atoms with E-state index < -0.39 is 5.54 Å². The lowest BCUT2D eigenvalue weighted by Crippen LogP contribution is -2.57. The minimum atomic E-state index is -1.03. The average Bonchev–Trinajstić information content (AvgIpc) is 2.85. The third-order valence-electron chi connectivity index (χ3n) is 5.72. The SMILES string of the molecule is CC(C)(NC(=O)c1ccccc1)C(=O)N1CCC[C@H](c2cncc(Oc3ccccc3)n2)C1. The molecule has 2 heterocycles. The Morgan fingerprint density at radius 2 is 1.73 bits per heavy atom. The molecule has 1 N–H and O–H groups in total. The van der Waals surface area contributed by atoms with E-state index >= 15 is 0 Å². The van der Waals surface area contributed by atoms with Crippen LogP contribution in [0.25, 0.3) is 0 Å². The van der Waals surface area contributed by atoms with Crippen molar-refractivity contribution in [2.45, 2.75) is 38.1 Å². The highest BCUT2D eigenvalue weighted by molar-refractivity contribution is 5.98. The molecule has 170 valence electrons. The minimum absolute atomic E-state index is 0.0511. The molecule has 0 spiro atoms. The van der Waals surface area contributed by atoms with E-state index in [0.717, 1.165) is 18.5 Å². The van der Waals surface area contributed by atoms with Crippen LogP contribution in [-0.4, -0.2) is 45.3 Å². The Kier molecular flexibility index (Phi) is 6.68. The fourth-order valence-electron chi connectivity index (χ4n) is 4.01. The normalized spacial score (nSPS) is 16.2. The number of carbonyl (C=O) groups excluding carboxylic acids is 2. The van der Waals surface area contributed by atoms with Gasteiger partial charge in [-0.2, -0.15) is 0 Å². The zero-order valence-electron chi connectivity index (χ0n) is 18.9. The van der Waals surface area contributed by atoms with Gasteiger partial charge < -0.3 is 15.0 Å². The van der Waals surface area contributed by atoms with Gasteiger partial charge in [-0.05, 0) is 51.0 Å². The number of carbonyl (C=O) groups is 2. The van der Waals surface area contributed by atoms with Crippen molar-refractivity contribution < 1.29 is 14.3 Å². The number of benzene rings is 2. The van der Waals surface area contributed by atoms with Crippen LogP contribution in [-0.2, 0) is 4.79 Å². The number of para-hydroxylation sites is 1. The monoisotopic (exact) mass is 444 g/mol. The summed E-state index contributed by atoms with van der Waals surface area (Å²) in [5.74, 6) is 0.799. The first-order valence-electron chi connectivity index (χ1n) is 11.1. The summed E-state index contributed by atoms with van der Waals surface area (Å²) in [7, 11) is 0. The third kappa shape index (κ3) is 5.55. The first-order valence-corrected chi connectivity index (χ1v) is 11.1. The molecule has 7 heteroatoms. The largest absolute Gasteiger partial charge is 0.437 e. The van der Waals surface area contributed by atoms with Crippen LogP contribution in [0.3, 0.4) is 0 Å². The lowest BCUT2D eigenvalue weighted by Gasteiger charge is -2.37. The van der Waals surface area contributed by atoms with E-state index in [1.807, 2.05) is 41.3 Å². The van der Waals surface area contributed by atoms with Gasteiger partial charge in [0.25, 0.3) is 5.91 Å². The predicted molar refractivity (Wildman–Crippen MR) is 125 cm³/mol. The van der Waals surface area contributed by atoms with E-state index in [-0.39, 0.29) is 17.7 Å². The number of nitrogens with one attached hydrogen (secondary N) is 1. The number of ether oxygens (including phenoxy) is 1. The molecule has 1 aliphatic heterocycles. The van der Waals surface area contributed by atoms with Crippen LogP contribution >= 0.6 is 0 Å². The van der Waals surface area contributed by atoms with E-state index in [4.69, 9.17) is 4.74 Å². The Bertz CT molecular complexity index is 1100. The summed E-state index contributed by atoms with van der Waals surface area (Å²) >= 11 is 0. The number of aromatic nitrogens is 2. The van der Waals surface area contributed by atoms with Crippen molar-refractivity contribution in [3.63, 3.8) is 0 Å². The van der Waals surface area contributed by atoms with Crippen LogP contribution in [0.4, 0.5) is 0 Å². The zero-order valence-corrected chi connectivity index (χ0v) is 18.9. The molecular weight excluding hydrogens is 416 g/mol. The summed E-state index contributed by atoms with van der Waals surface area (Å²) in [5, 5.41) is 2.88. The predicted octanol–water partition coefficient (Wildman–Crippen LogP) is 4.18. The molecule has 0 bridgehead atoms. The number of amides is 2. The van der Waals surface area contributed by atoms with Gasteiger partial charge in [0.15, 0.2) is 0 Å². The molecule has 0 aliphatic carbocycles. The highest BCUT2D eigenvalue weighted by atomic mass is 16.5. The number of hydrogen-bond acceptors (Lipinski definition) is 5. The van der Waals surface area contributed by atoms with E-state index in [2.05, 4.69) is 15.3 Å². The Hall–Kier alpha value is -3.74.